The number of hydrogen-bond donors (Lipinski definition) is 0. The Balaban J connectivity index is 1.72. The molecule has 6 nitrogen and oxygen atoms in total. The van der Waals surface area contributed by atoms with Gasteiger partial charge in [-0.2, -0.15) is 10.2 Å². The first kappa shape index (κ1) is 16.9. The number of rotatable bonds is 3. The molecule has 0 unspecified atom stereocenters. The van der Waals surface area contributed by atoms with Crippen LogP contribution in [0.2, 0.25) is 0 Å². The number of amides is 1. The van der Waals surface area contributed by atoms with Crippen LogP contribution in [-0.2, 0) is 4.79 Å². The van der Waals surface area contributed by atoms with Crippen LogP contribution in [0.25, 0.3) is 0 Å². The Labute approximate surface area is 143 Å². The van der Waals surface area contributed by atoms with Crippen LogP contribution < -0.4 is 0 Å². The van der Waals surface area contributed by atoms with E-state index in [0.717, 1.165) is 38.6 Å². The van der Waals surface area contributed by atoms with Crippen molar-refractivity contribution in [2.24, 2.45) is 5.41 Å². The minimum Gasteiger partial charge on any atom is -0.341 e. The third-order valence-electron chi connectivity index (χ3n) is 5.36. The summed E-state index contributed by atoms with van der Waals surface area (Å²) in [5.74, 6) is 1.68. The zero-order valence-corrected chi connectivity index (χ0v) is 14.6. The summed E-state index contributed by atoms with van der Waals surface area (Å²) in [6.45, 7) is 5.37. The average molecular weight is 330 g/mol. The monoisotopic (exact) mass is 330 g/mol. The summed E-state index contributed by atoms with van der Waals surface area (Å²) in [6, 6.07) is 2.35. The fourth-order valence-corrected chi connectivity index (χ4v) is 3.85. The van der Waals surface area contributed by atoms with Crippen LogP contribution in [0.3, 0.4) is 0 Å². The van der Waals surface area contributed by atoms with E-state index < -0.39 is 5.41 Å². The van der Waals surface area contributed by atoms with Crippen LogP contribution >= 0.6 is 0 Å². The highest BCUT2D eigenvalue weighted by atomic mass is 16.5. The summed E-state index contributed by atoms with van der Waals surface area (Å²) in [7, 11) is 0. The first-order valence-corrected chi connectivity index (χ1v) is 9.10. The molecule has 0 radical (unpaired) electrons. The lowest BCUT2D eigenvalue weighted by atomic mass is 9.74. The summed E-state index contributed by atoms with van der Waals surface area (Å²) in [4.78, 5) is 19.4. The van der Waals surface area contributed by atoms with E-state index in [2.05, 4.69) is 16.2 Å². The number of carbonyl (C=O) groups is 1. The number of aromatic nitrogens is 2. The average Bonchev–Trinajstić information content (AvgIpc) is 3.12. The quantitative estimate of drug-likeness (QED) is 0.848. The van der Waals surface area contributed by atoms with E-state index in [0.29, 0.717) is 31.1 Å². The molecule has 3 rings (SSSR count). The molecule has 2 fully saturated rings. The van der Waals surface area contributed by atoms with Gasteiger partial charge in [-0.25, -0.2) is 0 Å². The first-order chi connectivity index (χ1) is 11.6. The van der Waals surface area contributed by atoms with Crippen molar-refractivity contribution in [2.45, 2.75) is 70.6 Å². The van der Waals surface area contributed by atoms with Crippen molar-refractivity contribution in [3.63, 3.8) is 0 Å². The van der Waals surface area contributed by atoms with Gasteiger partial charge in [-0.1, -0.05) is 38.3 Å². The smallest absolute Gasteiger partial charge is 0.243 e. The van der Waals surface area contributed by atoms with Crippen molar-refractivity contribution in [3.05, 3.63) is 11.7 Å². The largest absolute Gasteiger partial charge is 0.341 e. The minimum absolute atomic E-state index is 0.0157. The Bertz CT molecular complexity index is 625. The lowest BCUT2D eigenvalue weighted by Crippen LogP contribution is -2.48. The molecule has 2 aliphatic rings. The summed E-state index contributed by atoms with van der Waals surface area (Å²) in [6.07, 6.45) is 6.34. The van der Waals surface area contributed by atoms with E-state index in [4.69, 9.17) is 4.52 Å². The van der Waals surface area contributed by atoms with Gasteiger partial charge >= 0.3 is 0 Å². The highest BCUT2D eigenvalue weighted by Crippen LogP contribution is 2.39. The lowest BCUT2D eigenvalue weighted by molar-refractivity contribution is -0.141. The van der Waals surface area contributed by atoms with E-state index >= 15 is 0 Å². The molecule has 0 N–H and O–H groups in total. The Morgan fingerprint density at radius 2 is 2.08 bits per heavy atom. The molecule has 1 amide bonds. The first-order valence-electron chi connectivity index (χ1n) is 9.10. The molecule has 1 saturated carbocycles. The molecule has 24 heavy (non-hydrogen) atoms. The number of carbonyl (C=O) groups excluding carboxylic acids is 1. The number of likely N-dealkylation sites (tertiary alicyclic amines) is 1. The van der Waals surface area contributed by atoms with Crippen LogP contribution in [0.4, 0.5) is 0 Å². The summed E-state index contributed by atoms with van der Waals surface area (Å²) < 4.78 is 5.32. The minimum atomic E-state index is -0.805. The van der Waals surface area contributed by atoms with Gasteiger partial charge < -0.3 is 9.42 Å². The Hall–Kier alpha value is -1.90. The molecule has 1 aromatic rings. The second kappa shape index (κ2) is 6.92. The van der Waals surface area contributed by atoms with Gasteiger partial charge in [0.15, 0.2) is 5.82 Å². The van der Waals surface area contributed by atoms with Gasteiger partial charge in [-0.05, 0) is 25.7 Å². The number of hydrogen-bond acceptors (Lipinski definition) is 5. The van der Waals surface area contributed by atoms with E-state index in [1.54, 1.807) is 0 Å². The fourth-order valence-electron chi connectivity index (χ4n) is 3.85. The third-order valence-corrected chi connectivity index (χ3v) is 5.36. The number of nitrogens with zero attached hydrogens (tertiary/aromatic N) is 4. The molecule has 1 aliphatic carbocycles. The SMILES string of the molecule is CC(C)c1nc([C@@H]2CCCN(C(=O)C3(C#N)CCCCC3)C2)no1. The summed E-state index contributed by atoms with van der Waals surface area (Å²) >= 11 is 0. The molecule has 130 valence electrons. The Morgan fingerprint density at radius 3 is 2.71 bits per heavy atom. The molecule has 0 bridgehead atoms. The molecule has 0 spiro atoms. The number of piperidine rings is 1. The lowest BCUT2D eigenvalue weighted by Gasteiger charge is -2.38. The van der Waals surface area contributed by atoms with Crippen LogP contribution in [0.5, 0.6) is 0 Å². The van der Waals surface area contributed by atoms with Gasteiger partial charge in [0, 0.05) is 24.9 Å². The van der Waals surface area contributed by atoms with Crippen molar-refractivity contribution >= 4 is 5.91 Å². The molecule has 6 heteroatoms. The van der Waals surface area contributed by atoms with Crippen molar-refractivity contribution < 1.29 is 9.32 Å². The van der Waals surface area contributed by atoms with Crippen LogP contribution in [0, 0.1) is 16.7 Å². The van der Waals surface area contributed by atoms with Gasteiger partial charge in [0.1, 0.15) is 5.41 Å². The Morgan fingerprint density at radius 1 is 1.33 bits per heavy atom. The molecular formula is C18H26N4O2. The van der Waals surface area contributed by atoms with Crippen LogP contribution in [-0.4, -0.2) is 34.0 Å². The van der Waals surface area contributed by atoms with Gasteiger partial charge in [0.25, 0.3) is 0 Å². The molecular weight excluding hydrogens is 304 g/mol. The molecule has 1 saturated heterocycles. The van der Waals surface area contributed by atoms with Gasteiger partial charge in [-0.15, -0.1) is 0 Å². The maximum Gasteiger partial charge on any atom is 0.243 e. The molecule has 1 atom stereocenters. The van der Waals surface area contributed by atoms with E-state index in [1.807, 2.05) is 18.7 Å². The standard InChI is InChI=1S/C18H26N4O2/c1-13(2)16-20-15(21-24-16)14-7-6-10-22(11-14)17(23)18(12-19)8-4-3-5-9-18/h13-14H,3-11H2,1-2H3/t14-/m1/s1. The predicted octanol–water partition coefficient (Wildman–Crippen LogP) is 3.37. The second-order valence-electron chi connectivity index (χ2n) is 7.49. The van der Waals surface area contributed by atoms with Crippen molar-refractivity contribution in [3.8, 4) is 6.07 Å². The van der Waals surface area contributed by atoms with Crippen molar-refractivity contribution in [2.75, 3.05) is 13.1 Å². The second-order valence-corrected chi connectivity index (χ2v) is 7.49. The normalized spacial score (nSPS) is 23.9. The Kier molecular flexibility index (Phi) is 4.88. The van der Waals surface area contributed by atoms with Crippen molar-refractivity contribution in [1.82, 2.24) is 15.0 Å². The fraction of sp³-hybridized carbons (Fsp3) is 0.778. The highest BCUT2D eigenvalue weighted by Gasteiger charge is 2.43. The van der Waals surface area contributed by atoms with E-state index in [-0.39, 0.29) is 17.7 Å². The van der Waals surface area contributed by atoms with Crippen LogP contribution in [0.15, 0.2) is 4.52 Å². The highest BCUT2D eigenvalue weighted by molar-refractivity contribution is 5.85. The van der Waals surface area contributed by atoms with Gasteiger partial charge in [0.2, 0.25) is 11.8 Å². The van der Waals surface area contributed by atoms with Crippen LogP contribution in [0.1, 0.15) is 82.3 Å². The summed E-state index contributed by atoms with van der Waals surface area (Å²) in [5, 5.41) is 13.8. The zero-order chi connectivity index (χ0) is 17.2. The van der Waals surface area contributed by atoms with Crippen molar-refractivity contribution in [1.29, 1.82) is 5.26 Å². The third kappa shape index (κ3) is 3.17. The van der Waals surface area contributed by atoms with Gasteiger partial charge in [-0.3, -0.25) is 4.79 Å². The maximum atomic E-state index is 13.0. The summed E-state index contributed by atoms with van der Waals surface area (Å²) in [5.41, 5.74) is -0.805. The molecule has 1 aliphatic heterocycles. The van der Waals surface area contributed by atoms with Gasteiger partial charge in [0.05, 0.1) is 6.07 Å². The maximum absolute atomic E-state index is 13.0. The molecule has 1 aromatic heterocycles. The molecule has 0 aromatic carbocycles. The zero-order valence-electron chi connectivity index (χ0n) is 14.6. The topological polar surface area (TPSA) is 83.0 Å². The number of nitriles is 1. The molecule has 2 heterocycles. The van der Waals surface area contributed by atoms with E-state index in [9.17, 15) is 10.1 Å². The van der Waals surface area contributed by atoms with E-state index in [1.165, 1.54) is 0 Å². The predicted molar refractivity (Wildman–Crippen MR) is 88.1 cm³/mol.